The van der Waals surface area contributed by atoms with Crippen molar-refractivity contribution in [2.24, 2.45) is 0 Å². The van der Waals surface area contributed by atoms with E-state index in [4.69, 9.17) is 9.47 Å². The van der Waals surface area contributed by atoms with Crippen LogP contribution in [0.15, 0.2) is 24.4 Å². The van der Waals surface area contributed by atoms with Crippen molar-refractivity contribution in [1.29, 1.82) is 0 Å². The number of carbonyl (C=O) groups excluding carboxylic acids is 4. The maximum atomic E-state index is 12.3. The molecule has 1 aliphatic heterocycles. The summed E-state index contributed by atoms with van der Waals surface area (Å²) in [7, 11) is 0. The number of esters is 2. The summed E-state index contributed by atoms with van der Waals surface area (Å²) in [5.41, 5.74) is 0.133. The Morgan fingerprint density at radius 1 is 1.28 bits per heavy atom. The lowest BCUT2D eigenvalue weighted by molar-refractivity contribution is -0.163. The second kappa shape index (κ2) is 8.76. The second-order valence-electron chi connectivity index (χ2n) is 5.42. The monoisotopic (exact) mass is 349 g/mol. The number of cyclic esters (lactones) is 2. The van der Waals surface area contributed by atoms with Gasteiger partial charge in [0.15, 0.2) is 6.61 Å². The van der Waals surface area contributed by atoms with Gasteiger partial charge in [0.05, 0.1) is 0 Å². The molecule has 0 aromatic carbocycles. The molecule has 9 nitrogen and oxygen atoms in total. The Morgan fingerprint density at radius 3 is 2.80 bits per heavy atom. The van der Waals surface area contributed by atoms with Gasteiger partial charge < -0.3 is 20.1 Å². The van der Waals surface area contributed by atoms with E-state index in [1.165, 1.54) is 19.2 Å². The van der Waals surface area contributed by atoms with Gasteiger partial charge in [-0.2, -0.15) is 0 Å². The van der Waals surface area contributed by atoms with Crippen LogP contribution >= 0.6 is 0 Å². The third-order valence-corrected chi connectivity index (χ3v) is 3.46. The minimum absolute atomic E-state index is 0.0636. The van der Waals surface area contributed by atoms with Gasteiger partial charge in [0.1, 0.15) is 17.8 Å². The first-order valence-electron chi connectivity index (χ1n) is 7.82. The van der Waals surface area contributed by atoms with E-state index in [-0.39, 0.29) is 18.7 Å². The summed E-state index contributed by atoms with van der Waals surface area (Å²) >= 11 is 0. The molecule has 0 saturated carbocycles. The van der Waals surface area contributed by atoms with Crippen molar-refractivity contribution in [3.63, 3.8) is 0 Å². The van der Waals surface area contributed by atoms with Crippen molar-refractivity contribution in [2.45, 2.75) is 31.9 Å². The summed E-state index contributed by atoms with van der Waals surface area (Å²) < 4.78 is 9.84. The summed E-state index contributed by atoms with van der Waals surface area (Å²) in [5, 5.41) is 5.12. The molecule has 2 rings (SSSR count). The zero-order valence-corrected chi connectivity index (χ0v) is 13.7. The third-order valence-electron chi connectivity index (χ3n) is 3.46. The molecule has 0 aliphatic carbocycles. The Balaban J connectivity index is 2.11. The van der Waals surface area contributed by atoms with E-state index < -0.39 is 42.5 Å². The molecule has 1 aromatic heterocycles. The molecule has 9 heteroatoms. The lowest BCUT2D eigenvalue weighted by Gasteiger charge is -2.24. The number of hydrogen-bond donors (Lipinski definition) is 2. The maximum absolute atomic E-state index is 12.3. The SMILES string of the molecule is C[C@H]1OC(=O)COC(=O)CCCNC(=O)[C@H]1NC(=O)c1ccccn1. The minimum atomic E-state index is -1.10. The van der Waals surface area contributed by atoms with Crippen LogP contribution in [-0.2, 0) is 23.9 Å². The fourth-order valence-electron chi connectivity index (χ4n) is 2.18. The average Bonchev–Trinajstić information content (AvgIpc) is 2.61. The summed E-state index contributed by atoms with van der Waals surface area (Å²) in [4.78, 5) is 51.6. The first kappa shape index (κ1) is 18.4. The molecule has 1 aromatic rings. The summed E-state index contributed by atoms with van der Waals surface area (Å²) in [6.07, 6.45) is 0.912. The highest BCUT2D eigenvalue weighted by Crippen LogP contribution is 2.05. The number of rotatable bonds is 2. The van der Waals surface area contributed by atoms with Gasteiger partial charge in [-0.05, 0) is 25.5 Å². The van der Waals surface area contributed by atoms with Crippen molar-refractivity contribution in [3.05, 3.63) is 30.1 Å². The Hall–Kier alpha value is -2.97. The van der Waals surface area contributed by atoms with Crippen LogP contribution in [0.4, 0.5) is 0 Å². The molecule has 2 N–H and O–H groups in total. The van der Waals surface area contributed by atoms with Crippen LogP contribution in [0.1, 0.15) is 30.3 Å². The predicted molar refractivity (Wildman–Crippen MR) is 84.2 cm³/mol. The van der Waals surface area contributed by atoms with Crippen molar-refractivity contribution >= 4 is 23.8 Å². The topological polar surface area (TPSA) is 124 Å². The molecule has 2 heterocycles. The first-order valence-corrected chi connectivity index (χ1v) is 7.82. The van der Waals surface area contributed by atoms with Gasteiger partial charge in [0.2, 0.25) is 5.91 Å². The fraction of sp³-hybridized carbons (Fsp3) is 0.438. The van der Waals surface area contributed by atoms with Gasteiger partial charge in [-0.1, -0.05) is 6.07 Å². The molecule has 0 unspecified atom stereocenters. The molecule has 2 atom stereocenters. The quantitative estimate of drug-likeness (QED) is 0.694. The van der Waals surface area contributed by atoms with Gasteiger partial charge in [-0.15, -0.1) is 0 Å². The van der Waals surface area contributed by atoms with Crippen LogP contribution in [0.3, 0.4) is 0 Å². The summed E-state index contributed by atoms with van der Waals surface area (Å²) in [5.74, 6) is -2.42. The van der Waals surface area contributed by atoms with E-state index in [9.17, 15) is 19.2 Å². The van der Waals surface area contributed by atoms with Crippen LogP contribution in [-0.4, -0.2) is 54.0 Å². The molecule has 0 radical (unpaired) electrons. The zero-order valence-electron chi connectivity index (χ0n) is 13.7. The smallest absolute Gasteiger partial charge is 0.344 e. The predicted octanol–water partition coefficient (Wildman–Crippen LogP) is -0.435. The molecule has 0 spiro atoms. The highest BCUT2D eigenvalue weighted by molar-refractivity contribution is 5.96. The van der Waals surface area contributed by atoms with Gasteiger partial charge in [-0.25, -0.2) is 4.79 Å². The maximum Gasteiger partial charge on any atom is 0.344 e. The zero-order chi connectivity index (χ0) is 18.2. The Bertz CT molecular complexity index is 649. The van der Waals surface area contributed by atoms with Crippen molar-refractivity contribution in [2.75, 3.05) is 13.2 Å². The molecule has 134 valence electrons. The Morgan fingerprint density at radius 2 is 2.08 bits per heavy atom. The standard InChI is InChI=1S/C16H19N3O6/c1-10-14(19-15(22)11-5-2-3-7-17-11)16(23)18-8-4-6-12(20)24-9-13(21)25-10/h2-3,5,7,10,14H,4,6,8-9H2,1H3,(H,18,23)(H,19,22)/t10-,14+/m1/s1. The molecule has 0 bridgehead atoms. The lowest BCUT2D eigenvalue weighted by atomic mass is 10.1. The summed E-state index contributed by atoms with van der Waals surface area (Å²) in [6.45, 7) is 1.16. The normalized spacial score (nSPS) is 22.5. The number of aromatic nitrogens is 1. The van der Waals surface area contributed by atoms with Crippen LogP contribution in [0.2, 0.25) is 0 Å². The molecular formula is C16H19N3O6. The van der Waals surface area contributed by atoms with Crippen LogP contribution in [0, 0.1) is 0 Å². The van der Waals surface area contributed by atoms with E-state index >= 15 is 0 Å². The first-order chi connectivity index (χ1) is 12.0. The van der Waals surface area contributed by atoms with E-state index in [1.54, 1.807) is 12.1 Å². The molecule has 1 fully saturated rings. The molecular weight excluding hydrogens is 330 g/mol. The number of ether oxygens (including phenoxy) is 2. The van der Waals surface area contributed by atoms with E-state index in [0.29, 0.717) is 6.42 Å². The Kier molecular flexibility index (Phi) is 6.44. The van der Waals surface area contributed by atoms with Gasteiger partial charge in [0.25, 0.3) is 5.91 Å². The van der Waals surface area contributed by atoms with Crippen LogP contribution in [0.25, 0.3) is 0 Å². The molecule has 1 aliphatic rings. The van der Waals surface area contributed by atoms with Crippen molar-refractivity contribution in [3.8, 4) is 0 Å². The number of nitrogens with zero attached hydrogens (tertiary/aromatic N) is 1. The number of amides is 2. The fourth-order valence-corrected chi connectivity index (χ4v) is 2.18. The minimum Gasteiger partial charge on any atom is -0.457 e. The van der Waals surface area contributed by atoms with E-state index in [2.05, 4.69) is 15.6 Å². The van der Waals surface area contributed by atoms with Gasteiger partial charge in [-0.3, -0.25) is 19.4 Å². The number of nitrogens with one attached hydrogen (secondary N) is 2. The second-order valence-corrected chi connectivity index (χ2v) is 5.42. The van der Waals surface area contributed by atoms with Crippen LogP contribution in [0.5, 0.6) is 0 Å². The van der Waals surface area contributed by atoms with Crippen molar-refractivity contribution in [1.82, 2.24) is 15.6 Å². The summed E-state index contributed by atoms with van der Waals surface area (Å²) in [6, 6.07) is 3.69. The van der Waals surface area contributed by atoms with Gasteiger partial charge in [0, 0.05) is 19.2 Å². The highest BCUT2D eigenvalue weighted by atomic mass is 16.6. The van der Waals surface area contributed by atoms with Crippen molar-refractivity contribution < 1.29 is 28.7 Å². The largest absolute Gasteiger partial charge is 0.457 e. The highest BCUT2D eigenvalue weighted by Gasteiger charge is 2.30. The van der Waals surface area contributed by atoms with E-state index in [1.807, 2.05) is 0 Å². The number of carbonyl (C=O) groups is 4. The molecule has 25 heavy (non-hydrogen) atoms. The average molecular weight is 349 g/mol. The van der Waals surface area contributed by atoms with Crippen LogP contribution < -0.4 is 10.6 Å². The number of hydrogen-bond acceptors (Lipinski definition) is 7. The van der Waals surface area contributed by atoms with Gasteiger partial charge >= 0.3 is 11.9 Å². The third kappa shape index (κ3) is 5.55. The van der Waals surface area contributed by atoms with E-state index in [0.717, 1.165) is 0 Å². The number of pyridine rings is 1. The molecule has 2 amide bonds. The lowest BCUT2D eigenvalue weighted by Crippen LogP contribution is -2.54. The molecule has 1 saturated heterocycles. The Labute approximate surface area is 144 Å².